The van der Waals surface area contributed by atoms with Gasteiger partial charge < -0.3 is 11.1 Å². The van der Waals surface area contributed by atoms with Crippen LogP contribution in [-0.4, -0.2) is 28.7 Å². The summed E-state index contributed by atoms with van der Waals surface area (Å²) >= 11 is 5.06. The molecule has 2 aliphatic rings. The molecular weight excluding hydrogens is 198 g/mol. The average molecular weight is 209 g/mol. The zero-order valence-electron chi connectivity index (χ0n) is 7.82. The third-order valence-corrected chi connectivity index (χ3v) is 2.31. The maximum absolute atomic E-state index is 5.48. The molecule has 3 N–H and O–H groups in total. The Bertz CT molecular complexity index is 368. The highest BCUT2D eigenvalue weighted by atomic mass is 32.1. The standard InChI is InChI=1S/C8H11N5S/c1-2-3-4-10-5-6(11-4)12-8(9)13-7(5)14/h5H,2-3H2,1H3,(H3,9,10,11,12,13,14). The number of thiocarbonyl (C=S) groups is 1. The van der Waals surface area contributed by atoms with Crippen LogP contribution in [0.25, 0.3) is 0 Å². The van der Waals surface area contributed by atoms with Gasteiger partial charge in [-0.2, -0.15) is 4.99 Å². The van der Waals surface area contributed by atoms with Crippen molar-refractivity contribution in [1.29, 1.82) is 0 Å². The van der Waals surface area contributed by atoms with Crippen LogP contribution in [0.1, 0.15) is 19.8 Å². The van der Waals surface area contributed by atoms with Crippen molar-refractivity contribution in [1.82, 2.24) is 5.32 Å². The monoisotopic (exact) mass is 209 g/mol. The molecule has 2 heterocycles. The largest absolute Gasteiger partial charge is 0.368 e. The molecule has 0 saturated heterocycles. The summed E-state index contributed by atoms with van der Waals surface area (Å²) in [6.07, 6.45) is 1.94. The summed E-state index contributed by atoms with van der Waals surface area (Å²) in [4.78, 5) is 12.8. The van der Waals surface area contributed by atoms with E-state index in [9.17, 15) is 0 Å². The molecule has 74 valence electrons. The van der Waals surface area contributed by atoms with E-state index in [1.165, 1.54) is 0 Å². The molecule has 0 aromatic rings. The Balaban J connectivity index is 2.22. The lowest BCUT2D eigenvalue weighted by Crippen LogP contribution is -2.37. The average Bonchev–Trinajstić information content (AvgIpc) is 2.48. The van der Waals surface area contributed by atoms with Crippen molar-refractivity contribution in [3.8, 4) is 0 Å². The quantitative estimate of drug-likeness (QED) is 0.638. The summed E-state index contributed by atoms with van der Waals surface area (Å²) in [6.45, 7) is 2.09. The second-order valence-electron chi connectivity index (χ2n) is 3.16. The van der Waals surface area contributed by atoms with Crippen molar-refractivity contribution in [3.05, 3.63) is 0 Å². The van der Waals surface area contributed by atoms with Gasteiger partial charge in [0.15, 0.2) is 6.04 Å². The first-order valence-corrected chi connectivity index (χ1v) is 4.92. The van der Waals surface area contributed by atoms with E-state index in [1.54, 1.807) is 0 Å². The molecule has 1 atom stereocenters. The van der Waals surface area contributed by atoms with E-state index in [1.807, 2.05) is 0 Å². The maximum Gasteiger partial charge on any atom is 0.222 e. The van der Waals surface area contributed by atoms with E-state index in [0.29, 0.717) is 10.8 Å². The van der Waals surface area contributed by atoms with Gasteiger partial charge in [-0.25, -0.2) is 4.99 Å². The molecule has 0 fully saturated rings. The minimum Gasteiger partial charge on any atom is -0.368 e. The number of nitrogens with two attached hydrogens (primary N) is 1. The van der Waals surface area contributed by atoms with Gasteiger partial charge >= 0.3 is 0 Å². The summed E-state index contributed by atoms with van der Waals surface area (Å²) in [5.74, 6) is 1.84. The van der Waals surface area contributed by atoms with Gasteiger partial charge in [0.25, 0.3) is 0 Å². The third-order valence-electron chi connectivity index (χ3n) is 2.00. The highest BCUT2D eigenvalue weighted by Crippen LogP contribution is 2.12. The number of nitrogens with zero attached hydrogens (tertiary/aromatic N) is 3. The first kappa shape index (κ1) is 9.26. The third kappa shape index (κ3) is 1.52. The molecule has 0 bridgehead atoms. The fraction of sp³-hybridized carbons (Fsp3) is 0.500. The van der Waals surface area contributed by atoms with E-state index in [0.717, 1.165) is 18.7 Å². The van der Waals surface area contributed by atoms with Crippen LogP contribution in [0.5, 0.6) is 0 Å². The number of guanidine groups is 1. The molecule has 0 aliphatic carbocycles. The first-order valence-electron chi connectivity index (χ1n) is 4.51. The maximum atomic E-state index is 5.48. The lowest BCUT2D eigenvalue weighted by Gasteiger charge is -2.11. The van der Waals surface area contributed by atoms with Crippen LogP contribution in [0.2, 0.25) is 0 Å². The van der Waals surface area contributed by atoms with Crippen LogP contribution in [-0.2, 0) is 0 Å². The summed E-state index contributed by atoms with van der Waals surface area (Å²) in [6, 6.07) is -0.209. The molecule has 0 amide bonds. The lowest BCUT2D eigenvalue weighted by atomic mass is 10.3. The Morgan fingerprint density at radius 3 is 3.00 bits per heavy atom. The number of hydrogen-bond donors (Lipinski definition) is 2. The second-order valence-corrected chi connectivity index (χ2v) is 3.58. The molecule has 14 heavy (non-hydrogen) atoms. The minimum atomic E-state index is -0.209. The van der Waals surface area contributed by atoms with Gasteiger partial charge in [-0.1, -0.05) is 19.1 Å². The molecule has 5 nitrogen and oxygen atoms in total. The molecule has 2 aliphatic heterocycles. The van der Waals surface area contributed by atoms with Crippen molar-refractivity contribution in [2.45, 2.75) is 25.8 Å². The van der Waals surface area contributed by atoms with Crippen LogP contribution in [0, 0.1) is 0 Å². The van der Waals surface area contributed by atoms with Crippen molar-refractivity contribution >= 4 is 34.8 Å². The molecule has 0 aromatic heterocycles. The van der Waals surface area contributed by atoms with Gasteiger partial charge in [-0.3, -0.25) is 4.99 Å². The predicted octanol–water partition coefficient (Wildman–Crippen LogP) is 0.211. The van der Waals surface area contributed by atoms with Gasteiger partial charge in [-0.05, 0) is 6.42 Å². The summed E-state index contributed by atoms with van der Waals surface area (Å²) < 4.78 is 0. The number of nitrogens with one attached hydrogen (secondary N) is 1. The van der Waals surface area contributed by atoms with Gasteiger partial charge in [0.2, 0.25) is 5.96 Å². The SMILES string of the molecule is CCCC1=NC2C(=S)N=C(N)N=C2N1. The van der Waals surface area contributed by atoms with Crippen LogP contribution in [0.15, 0.2) is 15.0 Å². The fourth-order valence-corrected chi connectivity index (χ4v) is 1.67. The van der Waals surface area contributed by atoms with Crippen LogP contribution < -0.4 is 11.1 Å². The molecule has 1 unspecified atom stereocenters. The van der Waals surface area contributed by atoms with E-state index in [-0.39, 0.29) is 12.0 Å². The molecule has 6 heteroatoms. The summed E-state index contributed by atoms with van der Waals surface area (Å²) in [7, 11) is 0. The highest BCUT2D eigenvalue weighted by Gasteiger charge is 2.30. The molecule has 0 spiro atoms. The van der Waals surface area contributed by atoms with Crippen LogP contribution in [0.4, 0.5) is 0 Å². The number of amidine groups is 2. The van der Waals surface area contributed by atoms with Gasteiger partial charge in [0.1, 0.15) is 16.7 Å². The topological polar surface area (TPSA) is 75.1 Å². The Hall–Kier alpha value is -1.30. The van der Waals surface area contributed by atoms with Gasteiger partial charge in [-0.15, -0.1) is 0 Å². The number of aliphatic imine (C=N–C) groups is 3. The van der Waals surface area contributed by atoms with E-state index in [4.69, 9.17) is 18.0 Å². The van der Waals surface area contributed by atoms with E-state index >= 15 is 0 Å². The second kappa shape index (κ2) is 3.45. The molecule has 0 aromatic carbocycles. The van der Waals surface area contributed by atoms with Crippen molar-refractivity contribution < 1.29 is 0 Å². The summed E-state index contributed by atoms with van der Waals surface area (Å²) in [5, 5.41) is 3.11. The van der Waals surface area contributed by atoms with E-state index in [2.05, 4.69) is 27.2 Å². The molecular formula is C8H11N5S. The van der Waals surface area contributed by atoms with Crippen molar-refractivity contribution in [2.75, 3.05) is 0 Å². The minimum absolute atomic E-state index is 0.209. The number of fused-ring (bicyclic) bond motifs is 1. The molecule has 0 saturated carbocycles. The zero-order valence-corrected chi connectivity index (χ0v) is 8.64. The Kier molecular flexibility index (Phi) is 2.28. The van der Waals surface area contributed by atoms with Gasteiger partial charge in [0, 0.05) is 6.42 Å². The Morgan fingerprint density at radius 1 is 1.50 bits per heavy atom. The zero-order chi connectivity index (χ0) is 10.1. The smallest absolute Gasteiger partial charge is 0.222 e. The van der Waals surface area contributed by atoms with Crippen LogP contribution >= 0.6 is 12.2 Å². The highest BCUT2D eigenvalue weighted by molar-refractivity contribution is 7.80. The van der Waals surface area contributed by atoms with Gasteiger partial charge in [0.05, 0.1) is 0 Å². The fourth-order valence-electron chi connectivity index (χ4n) is 1.41. The normalized spacial score (nSPS) is 24.8. The predicted molar refractivity (Wildman–Crippen MR) is 60.9 cm³/mol. The van der Waals surface area contributed by atoms with Crippen molar-refractivity contribution in [2.24, 2.45) is 20.7 Å². The Morgan fingerprint density at radius 2 is 2.29 bits per heavy atom. The summed E-state index contributed by atoms with van der Waals surface area (Å²) in [5.41, 5.74) is 5.48. The lowest BCUT2D eigenvalue weighted by molar-refractivity contribution is 0.972. The van der Waals surface area contributed by atoms with Crippen molar-refractivity contribution in [3.63, 3.8) is 0 Å². The van der Waals surface area contributed by atoms with Crippen LogP contribution in [0.3, 0.4) is 0 Å². The molecule has 0 radical (unpaired) electrons. The van der Waals surface area contributed by atoms with E-state index < -0.39 is 0 Å². The Labute approximate surface area is 87.2 Å². The molecule has 2 rings (SSSR count). The number of rotatable bonds is 2. The first-order chi connectivity index (χ1) is 6.70. The number of hydrogen-bond acceptors (Lipinski definition) is 5.